The van der Waals surface area contributed by atoms with Crippen LogP contribution in [0.25, 0.3) is 133 Å². The van der Waals surface area contributed by atoms with Gasteiger partial charge in [0.25, 0.3) is 13.4 Å². The van der Waals surface area contributed by atoms with Crippen molar-refractivity contribution in [1.82, 2.24) is 9.13 Å². The highest BCUT2D eigenvalue weighted by molar-refractivity contribution is 7.00. The molecule has 0 saturated carbocycles. The first kappa shape index (κ1) is 70.5. The lowest BCUT2D eigenvalue weighted by Gasteiger charge is -2.35. The smallest absolute Gasteiger partial charge is 0.256 e. The van der Waals surface area contributed by atoms with Crippen LogP contribution in [0.2, 0.25) is 0 Å². The van der Waals surface area contributed by atoms with Gasteiger partial charge in [0.15, 0.2) is 0 Å². The second-order valence-corrected chi connectivity index (χ2v) is 35.6. The first-order valence-electron chi connectivity index (χ1n) is 41.2. The molecule has 17 aromatic rings. The average Bonchev–Trinajstić information content (AvgIpc) is 1.61. The van der Waals surface area contributed by atoms with Crippen LogP contribution in [0.4, 0.5) is 0 Å². The van der Waals surface area contributed by atoms with Gasteiger partial charge in [-0.25, -0.2) is 0 Å². The van der Waals surface area contributed by atoms with Gasteiger partial charge in [-0.15, -0.1) is 0 Å². The van der Waals surface area contributed by atoms with Crippen LogP contribution in [-0.4, -0.2) is 22.6 Å². The van der Waals surface area contributed by atoms with Gasteiger partial charge in [-0.05, 0) is 359 Å². The average molecular weight is 1480 g/mol. The van der Waals surface area contributed by atoms with E-state index in [4.69, 9.17) is 9.47 Å². The maximum absolute atomic E-state index is 7.48. The summed E-state index contributed by atoms with van der Waals surface area (Å²) < 4.78 is 20.1. The van der Waals surface area contributed by atoms with Crippen molar-refractivity contribution in [3.05, 3.63) is 331 Å². The molecule has 0 unspecified atom stereocenters. The molecule has 2 aromatic heterocycles. The monoisotopic (exact) mass is 1480 g/mol. The molecule has 0 bridgehead atoms. The third kappa shape index (κ3) is 10.9. The number of rotatable bonds is 9. The third-order valence-corrected chi connectivity index (χ3v) is 26.2. The van der Waals surface area contributed by atoms with Crippen molar-refractivity contribution in [1.29, 1.82) is 0 Å². The molecule has 556 valence electrons. The van der Waals surface area contributed by atoms with Crippen molar-refractivity contribution in [3.8, 4) is 112 Å². The molecule has 21 rings (SSSR count). The third-order valence-electron chi connectivity index (χ3n) is 26.2. The standard InChI is InChI=1S/C109H92B2N2O2/c1-58-35-63(6)100(64(7)36-58)77-29-33-92-85(47-77)87-49-81(51-91-107(87)112(92)94-52-82(103-69(12)41-61(4)42-70(103)13)55-98-105(94)110(91)88-31-27-75(53-96(88)114-98)73-21-19-18-20-22-73)104-71(14)43-62(5)44-79(104)45-72-23-25-74(26-24-72)76-28-32-89-97(54-76)115-99-57-83(109(15,16)17)56-95-106(99)111(89)90-50-80(102-67(10)39-60(3)40-68(102)11)48-86-84-46-78(30-34-93(84)113(95)108(86)90)101-65(8)37-59(2)38-66(101)9/h18-44,46-57H,45H2,1-17H3. The molecule has 0 N–H and O–H groups in total. The van der Waals surface area contributed by atoms with E-state index in [1.54, 1.807) is 0 Å². The van der Waals surface area contributed by atoms with Gasteiger partial charge < -0.3 is 18.6 Å². The first-order chi connectivity index (χ1) is 55.3. The van der Waals surface area contributed by atoms with Gasteiger partial charge in [-0.1, -0.05) is 212 Å². The van der Waals surface area contributed by atoms with E-state index in [-0.39, 0.29) is 18.8 Å². The predicted molar refractivity (Wildman–Crippen MR) is 490 cm³/mol. The summed E-state index contributed by atoms with van der Waals surface area (Å²) >= 11 is 0. The summed E-state index contributed by atoms with van der Waals surface area (Å²) in [4.78, 5) is 0. The van der Waals surface area contributed by atoms with Crippen LogP contribution in [0, 0.1) is 96.9 Å². The van der Waals surface area contributed by atoms with Crippen LogP contribution in [0.5, 0.6) is 23.0 Å². The molecule has 15 aromatic carbocycles. The SMILES string of the molecule is Cc1cc(C)c(-c2cc3c4c(c2)-n2c5ccc(-c6c(C)cc(C)cc6C)cc5c5cc(-c6c(C)cc(C)cc6Cc6ccc(-c7ccc8c(c7)Oc7cc(C(C)(C)C)cc9c7B8c7cc(-c8c(C)cc(C)cc8C)cc8c%10cc(-c%11c(C)cc(C)cc%11C)ccc%10n-9c78)cc6)cc(c52)B4c2ccc(-c4ccccc4)cc2O3)c(C)c1. The van der Waals surface area contributed by atoms with Crippen molar-refractivity contribution in [2.24, 2.45) is 0 Å². The van der Waals surface area contributed by atoms with E-state index in [0.29, 0.717) is 0 Å². The van der Waals surface area contributed by atoms with E-state index in [1.807, 2.05) is 0 Å². The molecule has 6 heterocycles. The predicted octanol–water partition coefficient (Wildman–Crippen LogP) is 24.6. The maximum atomic E-state index is 7.48. The van der Waals surface area contributed by atoms with E-state index < -0.39 is 0 Å². The van der Waals surface area contributed by atoms with Crippen molar-refractivity contribution in [2.75, 3.05) is 0 Å². The Morgan fingerprint density at radius 1 is 0.278 bits per heavy atom. The Morgan fingerprint density at radius 2 is 0.635 bits per heavy atom. The fraction of sp³-hybridized carbons (Fsp3) is 0.174. The molecule has 0 aliphatic carbocycles. The van der Waals surface area contributed by atoms with Gasteiger partial charge >= 0.3 is 0 Å². The Morgan fingerprint density at radius 3 is 1.09 bits per heavy atom. The fourth-order valence-electron chi connectivity index (χ4n) is 21.9. The fourth-order valence-corrected chi connectivity index (χ4v) is 21.9. The molecular weight excluding hydrogens is 1390 g/mol. The zero-order chi connectivity index (χ0) is 79.0. The van der Waals surface area contributed by atoms with E-state index in [9.17, 15) is 0 Å². The largest absolute Gasteiger partial charge is 0.458 e. The van der Waals surface area contributed by atoms with Gasteiger partial charge in [-0.3, -0.25) is 0 Å². The molecule has 0 saturated heterocycles. The number of aryl methyl sites for hydroxylation is 14. The van der Waals surface area contributed by atoms with Crippen LogP contribution < -0.4 is 42.3 Å². The zero-order valence-corrected chi connectivity index (χ0v) is 69.1. The Balaban J connectivity index is 0.705. The zero-order valence-electron chi connectivity index (χ0n) is 69.1. The van der Waals surface area contributed by atoms with E-state index in [1.165, 1.54) is 232 Å². The molecule has 4 aliphatic rings. The minimum Gasteiger partial charge on any atom is -0.458 e. The quantitative estimate of drug-likeness (QED) is 0.135. The van der Waals surface area contributed by atoms with E-state index in [0.717, 1.165) is 57.2 Å². The number of fused-ring (bicyclic) bond motifs is 14. The summed E-state index contributed by atoms with van der Waals surface area (Å²) in [6, 6.07) is 92.0. The summed E-state index contributed by atoms with van der Waals surface area (Å²) in [6.07, 6.45) is 0.752. The maximum Gasteiger partial charge on any atom is 0.256 e. The highest BCUT2D eigenvalue weighted by atomic mass is 16.5. The van der Waals surface area contributed by atoms with Crippen LogP contribution in [0.1, 0.15) is 115 Å². The Bertz CT molecular complexity index is 7100. The van der Waals surface area contributed by atoms with Crippen LogP contribution in [-0.2, 0) is 11.8 Å². The second kappa shape index (κ2) is 25.6. The van der Waals surface area contributed by atoms with Gasteiger partial charge in [-0.2, -0.15) is 0 Å². The number of nitrogens with zero attached hydrogens (tertiary/aromatic N) is 2. The minimum atomic E-state index is -0.154. The number of aromatic nitrogens is 2. The Kier molecular flexibility index (Phi) is 15.7. The Labute approximate surface area is 676 Å². The highest BCUT2D eigenvalue weighted by Gasteiger charge is 2.45. The highest BCUT2D eigenvalue weighted by Crippen LogP contribution is 2.49. The molecule has 4 aliphatic heterocycles. The van der Waals surface area contributed by atoms with Crippen molar-refractivity contribution in [2.45, 2.75) is 130 Å². The Hall–Kier alpha value is -12.4. The number of hydrogen-bond donors (Lipinski definition) is 0. The van der Waals surface area contributed by atoms with Gasteiger partial charge in [0.2, 0.25) is 0 Å². The molecule has 0 radical (unpaired) electrons. The van der Waals surface area contributed by atoms with E-state index in [2.05, 4.69) is 363 Å². The molecule has 115 heavy (non-hydrogen) atoms. The van der Waals surface area contributed by atoms with Gasteiger partial charge in [0.1, 0.15) is 23.0 Å². The molecule has 0 fully saturated rings. The van der Waals surface area contributed by atoms with E-state index >= 15 is 0 Å². The van der Waals surface area contributed by atoms with Crippen molar-refractivity contribution in [3.63, 3.8) is 0 Å². The molecule has 0 spiro atoms. The topological polar surface area (TPSA) is 28.3 Å². The van der Waals surface area contributed by atoms with Crippen LogP contribution in [0.3, 0.4) is 0 Å². The normalized spacial score (nSPS) is 12.9. The van der Waals surface area contributed by atoms with Crippen molar-refractivity contribution < 1.29 is 9.47 Å². The van der Waals surface area contributed by atoms with Crippen LogP contribution >= 0.6 is 0 Å². The van der Waals surface area contributed by atoms with Crippen LogP contribution in [0.15, 0.2) is 237 Å². The second-order valence-electron chi connectivity index (χ2n) is 35.6. The molecule has 0 atom stereocenters. The number of hydrogen-bond acceptors (Lipinski definition) is 2. The molecular formula is C109H92B2N2O2. The lowest BCUT2D eigenvalue weighted by atomic mass is 9.34. The lowest BCUT2D eigenvalue weighted by molar-refractivity contribution is 0.483. The molecule has 0 amide bonds. The lowest BCUT2D eigenvalue weighted by Crippen LogP contribution is -2.58. The molecule has 6 heteroatoms. The van der Waals surface area contributed by atoms with Crippen molar-refractivity contribution >= 4 is 89.8 Å². The summed E-state index contributed by atoms with van der Waals surface area (Å²) in [7, 11) is 0. The summed E-state index contributed by atoms with van der Waals surface area (Å²) in [5.74, 6) is 3.64. The summed E-state index contributed by atoms with van der Waals surface area (Å²) in [5, 5.41) is 5.04. The van der Waals surface area contributed by atoms with Gasteiger partial charge in [0, 0.05) is 44.0 Å². The summed E-state index contributed by atoms with van der Waals surface area (Å²) in [6.45, 7) is 38.4. The summed E-state index contributed by atoms with van der Waals surface area (Å²) in [5.41, 5.74) is 53.4. The first-order valence-corrected chi connectivity index (χ1v) is 41.2. The molecule has 4 nitrogen and oxygen atoms in total. The number of benzene rings is 15. The number of ether oxygens (including phenoxy) is 2. The minimum absolute atomic E-state index is 0.0826. The van der Waals surface area contributed by atoms with Gasteiger partial charge in [0.05, 0.1) is 11.0 Å².